The number of amides is 1. The molecule has 0 radical (unpaired) electrons. The van der Waals surface area contributed by atoms with Gasteiger partial charge in [-0.25, -0.2) is 0 Å². The molecule has 9 heteroatoms. The first-order valence-corrected chi connectivity index (χ1v) is 12.5. The molecule has 0 spiro atoms. The molecule has 0 saturated carbocycles. The zero-order valence-electron chi connectivity index (χ0n) is 18.3. The summed E-state index contributed by atoms with van der Waals surface area (Å²) < 4.78 is 18.1. The van der Waals surface area contributed by atoms with Crippen LogP contribution in [0.15, 0.2) is 51.8 Å². The van der Waals surface area contributed by atoms with Crippen LogP contribution in [0.3, 0.4) is 0 Å². The van der Waals surface area contributed by atoms with Gasteiger partial charge in [0.05, 0.1) is 24.5 Å². The van der Waals surface area contributed by atoms with Crippen molar-refractivity contribution in [3.63, 3.8) is 0 Å². The van der Waals surface area contributed by atoms with E-state index in [0.717, 1.165) is 15.6 Å². The van der Waals surface area contributed by atoms with Crippen LogP contribution in [0.1, 0.15) is 31.4 Å². The Balaban J connectivity index is 1.71. The molecule has 1 amide bonds. The monoisotopic (exact) mass is 549 g/mol. The first-order chi connectivity index (χ1) is 15.9. The number of halogens is 1. The van der Waals surface area contributed by atoms with Crippen molar-refractivity contribution in [3.8, 4) is 11.5 Å². The summed E-state index contributed by atoms with van der Waals surface area (Å²) in [5.74, 6) is 0.651. The summed E-state index contributed by atoms with van der Waals surface area (Å²) in [6.07, 6.45) is 1.87. The highest BCUT2D eigenvalue weighted by molar-refractivity contribution is 9.10. The highest BCUT2D eigenvalue weighted by atomic mass is 79.9. The second-order valence-electron chi connectivity index (χ2n) is 6.94. The summed E-state index contributed by atoms with van der Waals surface area (Å²) in [5, 5.41) is 0. The first kappa shape index (κ1) is 25.3. The molecule has 6 nitrogen and oxygen atoms in total. The number of thiocarbonyl (C=S) groups is 1. The normalized spacial score (nSPS) is 14.6. The number of thioether (sulfide) groups is 1. The van der Waals surface area contributed by atoms with Gasteiger partial charge in [0.25, 0.3) is 5.91 Å². The fourth-order valence-corrected chi connectivity index (χ4v) is 4.60. The fourth-order valence-electron chi connectivity index (χ4n) is 3.02. The maximum atomic E-state index is 12.8. The van der Waals surface area contributed by atoms with Crippen molar-refractivity contribution in [2.75, 3.05) is 19.8 Å². The topological polar surface area (TPSA) is 65.1 Å². The molecule has 1 heterocycles. The highest BCUT2D eigenvalue weighted by Crippen LogP contribution is 2.35. The lowest BCUT2D eigenvalue weighted by atomic mass is 10.1. The SMILES string of the molecule is CCOC(=O)CCN1C(=O)/C(=C\c2ccc(OCc3ccc(Br)cc3)c(OCC)c2)SC1=S. The molecule has 1 aliphatic rings. The minimum Gasteiger partial charge on any atom is -0.490 e. The zero-order valence-corrected chi connectivity index (χ0v) is 21.6. The average Bonchev–Trinajstić information content (AvgIpc) is 3.05. The standard InChI is InChI=1S/C24H24BrNO5S2/c1-3-29-20-13-17(7-10-19(20)31-15-16-5-8-18(25)9-6-16)14-21-23(28)26(24(32)33-21)12-11-22(27)30-4-2/h5-10,13-14H,3-4,11-12,15H2,1-2H3/b21-14+. The molecular formula is C24H24BrNO5S2. The highest BCUT2D eigenvalue weighted by Gasteiger charge is 2.32. The van der Waals surface area contributed by atoms with Crippen LogP contribution in [0.2, 0.25) is 0 Å². The number of rotatable bonds is 10. The van der Waals surface area contributed by atoms with Crippen molar-refractivity contribution in [2.45, 2.75) is 26.9 Å². The average molecular weight is 550 g/mol. The van der Waals surface area contributed by atoms with E-state index in [0.29, 0.717) is 40.5 Å². The summed E-state index contributed by atoms with van der Waals surface area (Å²) in [7, 11) is 0. The van der Waals surface area contributed by atoms with E-state index in [1.54, 1.807) is 13.0 Å². The van der Waals surface area contributed by atoms with E-state index in [1.807, 2.05) is 49.4 Å². The van der Waals surface area contributed by atoms with E-state index in [9.17, 15) is 9.59 Å². The van der Waals surface area contributed by atoms with Crippen molar-refractivity contribution in [1.82, 2.24) is 4.90 Å². The van der Waals surface area contributed by atoms with Crippen molar-refractivity contribution >= 4 is 62.2 Å². The van der Waals surface area contributed by atoms with E-state index >= 15 is 0 Å². The van der Waals surface area contributed by atoms with Crippen molar-refractivity contribution in [1.29, 1.82) is 0 Å². The van der Waals surface area contributed by atoms with Gasteiger partial charge in [-0.1, -0.05) is 58.1 Å². The maximum absolute atomic E-state index is 12.8. The number of hydrogen-bond donors (Lipinski definition) is 0. The van der Waals surface area contributed by atoms with Crippen molar-refractivity contribution in [3.05, 3.63) is 63.0 Å². The smallest absolute Gasteiger partial charge is 0.307 e. The molecule has 0 aliphatic carbocycles. The van der Waals surface area contributed by atoms with Gasteiger partial charge in [0.2, 0.25) is 0 Å². The van der Waals surface area contributed by atoms with Gasteiger partial charge in [0.1, 0.15) is 10.9 Å². The lowest BCUT2D eigenvalue weighted by Crippen LogP contribution is -2.30. The summed E-state index contributed by atoms with van der Waals surface area (Å²) in [5.41, 5.74) is 1.83. The molecule has 2 aromatic carbocycles. The number of hydrogen-bond acceptors (Lipinski definition) is 7. The third-order valence-electron chi connectivity index (χ3n) is 4.59. The van der Waals surface area contributed by atoms with Gasteiger partial charge in [-0.05, 0) is 55.3 Å². The van der Waals surface area contributed by atoms with Crippen LogP contribution >= 0.6 is 39.9 Å². The Labute approximate surface area is 211 Å². The van der Waals surface area contributed by atoms with Crippen LogP contribution in [0.25, 0.3) is 6.08 Å². The Morgan fingerprint density at radius 3 is 2.55 bits per heavy atom. The summed E-state index contributed by atoms with van der Waals surface area (Å²) in [6.45, 7) is 5.05. The molecule has 0 unspecified atom stereocenters. The van der Waals surface area contributed by atoms with Crippen LogP contribution in [0, 0.1) is 0 Å². The number of benzene rings is 2. The molecule has 0 N–H and O–H groups in total. The lowest BCUT2D eigenvalue weighted by Gasteiger charge is -2.14. The number of ether oxygens (including phenoxy) is 3. The van der Waals surface area contributed by atoms with E-state index in [4.69, 9.17) is 26.4 Å². The molecule has 174 valence electrons. The number of nitrogens with zero attached hydrogens (tertiary/aromatic N) is 1. The van der Waals surface area contributed by atoms with Gasteiger partial charge in [-0.3, -0.25) is 14.5 Å². The van der Waals surface area contributed by atoms with Crippen LogP contribution in [0.5, 0.6) is 11.5 Å². The van der Waals surface area contributed by atoms with Crippen LogP contribution in [-0.2, 0) is 20.9 Å². The fraction of sp³-hybridized carbons (Fsp3) is 0.292. The zero-order chi connectivity index (χ0) is 23.8. The quantitative estimate of drug-likeness (QED) is 0.217. The van der Waals surface area contributed by atoms with Gasteiger partial charge in [0.15, 0.2) is 11.5 Å². The van der Waals surface area contributed by atoms with E-state index in [1.165, 1.54) is 16.7 Å². The summed E-state index contributed by atoms with van der Waals surface area (Å²) >= 11 is 9.97. The molecular weight excluding hydrogens is 526 g/mol. The number of esters is 1. The molecule has 1 aliphatic heterocycles. The van der Waals surface area contributed by atoms with Crippen molar-refractivity contribution < 1.29 is 23.8 Å². The predicted octanol–water partition coefficient (Wildman–Crippen LogP) is 5.58. The third-order valence-corrected chi connectivity index (χ3v) is 6.50. The van der Waals surface area contributed by atoms with Crippen LogP contribution in [-0.4, -0.2) is 40.9 Å². The Morgan fingerprint density at radius 2 is 1.85 bits per heavy atom. The van der Waals surface area contributed by atoms with Crippen LogP contribution in [0.4, 0.5) is 0 Å². The van der Waals surface area contributed by atoms with Gasteiger partial charge in [-0.2, -0.15) is 0 Å². The second-order valence-corrected chi connectivity index (χ2v) is 9.53. The van der Waals surface area contributed by atoms with E-state index < -0.39 is 0 Å². The Kier molecular flexibility index (Phi) is 9.34. The van der Waals surface area contributed by atoms with E-state index in [2.05, 4.69) is 15.9 Å². The molecule has 33 heavy (non-hydrogen) atoms. The lowest BCUT2D eigenvalue weighted by molar-refractivity contribution is -0.143. The molecule has 0 aromatic heterocycles. The van der Waals surface area contributed by atoms with Crippen molar-refractivity contribution in [2.24, 2.45) is 0 Å². The Morgan fingerprint density at radius 1 is 1.09 bits per heavy atom. The number of carbonyl (C=O) groups is 2. The first-order valence-electron chi connectivity index (χ1n) is 10.5. The second kappa shape index (κ2) is 12.2. The van der Waals surface area contributed by atoms with E-state index in [-0.39, 0.29) is 24.8 Å². The summed E-state index contributed by atoms with van der Waals surface area (Å²) in [4.78, 5) is 26.3. The Bertz CT molecular complexity index is 1060. The van der Waals surface area contributed by atoms with Gasteiger partial charge in [0, 0.05) is 11.0 Å². The van der Waals surface area contributed by atoms with Gasteiger partial charge < -0.3 is 14.2 Å². The third kappa shape index (κ3) is 7.06. The molecule has 1 saturated heterocycles. The molecule has 3 rings (SSSR count). The minimum atomic E-state index is -0.351. The molecule has 1 fully saturated rings. The molecule has 2 aromatic rings. The largest absolute Gasteiger partial charge is 0.490 e. The number of carbonyl (C=O) groups excluding carboxylic acids is 2. The molecule has 0 atom stereocenters. The maximum Gasteiger partial charge on any atom is 0.307 e. The summed E-state index contributed by atoms with van der Waals surface area (Å²) in [6, 6.07) is 13.4. The van der Waals surface area contributed by atoms with Crippen LogP contribution < -0.4 is 9.47 Å². The Hall–Kier alpha value is -2.36. The van der Waals surface area contributed by atoms with Gasteiger partial charge >= 0.3 is 5.97 Å². The van der Waals surface area contributed by atoms with Gasteiger partial charge in [-0.15, -0.1) is 0 Å². The minimum absolute atomic E-state index is 0.104. The predicted molar refractivity (Wildman–Crippen MR) is 137 cm³/mol. The molecule has 0 bridgehead atoms.